The summed E-state index contributed by atoms with van der Waals surface area (Å²) in [4.78, 5) is 11.9. The first-order chi connectivity index (χ1) is 11.4. The van der Waals surface area contributed by atoms with E-state index in [1.807, 2.05) is 11.8 Å². The van der Waals surface area contributed by atoms with E-state index in [2.05, 4.69) is 15.4 Å². The molecular formula is C16H21F3N2O2S. The molecule has 0 radical (unpaired) electrons. The second-order valence-corrected chi connectivity index (χ2v) is 6.78. The zero-order chi connectivity index (χ0) is 17.4. The molecule has 8 heteroatoms. The highest BCUT2D eigenvalue weighted by atomic mass is 32.2. The lowest BCUT2D eigenvalue weighted by Crippen LogP contribution is -2.41. The van der Waals surface area contributed by atoms with E-state index in [0.717, 1.165) is 23.6 Å². The molecule has 1 aromatic rings. The molecule has 134 valence electrons. The molecule has 0 bridgehead atoms. The van der Waals surface area contributed by atoms with Gasteiger partial charge in [0, 0.05) is 37.1 Å². The first-order valence-corrected chi connectivity index (χ1v) is 8.88. The molecule has 1 aliphatic heterocycles. The van der Waals surface area contributed by atoms with E-state index in [9.17, 15) is 18.0 Å². The van der Waals surface area contributed by atoms with E-state index < -0.39 is 12.8 Å². The summed E-state index contributed by atoms with van der Waals surface area (Å²) in [7, 11) is 0. The van der Waals surface area contributed by atoms with Crippen LogP contribution in [0.1, 0.15) is 17.5 Å². The second kappa shape index (κ2) is 9.29. The number of rotatable bonds is 7. The fourth-order valence-electron chi connectivity index (χ4n) is 2.29. The van der Waals surface area contributed by atoms with Crippen LogP contribution in [-0.4, -0.2) is 42.8 Å². The predicted molar refractivity (Wildman–Crippen MR) is 87.7 cm³/mol. The number of thioether (sulfide) groups is 1. The van der Waals surface area contributed by atoms with Crippen molar-refractivity contribution in [3.05, 3.63) is 35.4 Å². The van der Waals surface area contributed by atoms with Crippen LogP contribution in [0.3, 0.4) is 0 Å². The summed E-state index contributed by atoms with van der Waals surface area (Å²) in [5.41, 5.74) is 1.56. The second-order valence-electron chi connectivity index (χ2n) is 5.63. The van der Waals surface area contributed by atoms with Gasteiger partial charge in [-0.15, -0.1) is 0 Å². The standard InChI is InChI=1S/C16H21F3N2O2S/c17-16(18,19)11-23-9-13-3-1-12(2-4-13)8-21-15(22)7-14-10-24-6-5-20-14/h1-4,14,20H,5-11H2,(H,21,22). The highest BCUT2D eigenvalue weighted by Gasteiger charge is 2.27. The quantitative estimate of drug-likeness (QED) is 0.783. The number of alkyl halides is 3. The molecule has 1 aliphatic rings. The number of hydrogen-bond acceptors (Lipinski definition) is 4. The van der Waals surface area contributed by atoms with Crippen molar-refractivity contribution in [1.82, 2.24) is 10.6 Å². The Morgan fingerprint density at radius 3 is 2.62 bits per heavy atom. The highest BCUT2D eigenvalue weighted by molar-refractivity contribution is 7.99. The average molecular weight is 362 g/mol. The van der Waals surface area contributed by atoms with E-state index >= 15 is 0 Å². The molecule has 1 unspecified atom stereocenters. The van der Waals surface area contributed by atoms with Crippen molar-refractivity contribution in [1.29, 1.82) is 0 Å². The first-order valence-electron chi connectivity index (χ1n) is 7.72. The first kappa shape index (κ1) is 19.1. The van der Waals surface area contributed by atoms with Crippen LogP contribution in [-0.2, 0) is 22.7 Å². The van der Waals surface area contributed by atoms with E-state index in [4.69, 9.17) is 0 Å². The number of ether oxygens (including phenoxy) is 1. The van der Waals surface area contributed by atoms with Gasteiger partial charge >= 0.3 is 6.18 Å². The predicted octanol–water partition coefficient (Wildman–Crippen LogP) is 2.48. The lowest BCUT2D eigenvalue weighted by atomic mass is 10.1. The van der Waals surface area contributed by atoms with E-state index in [1.54, 1.807) is 24.3 Å². The third kappa shape index (κ3) is 7.55. The van der Waals surface area contributed by atoms with Gasteiger partial charge < -0.3 is 15.4 Å². The number of nitrogens with one attached hydrogen (secondary N) is 2. The smallest absolute Gasteiger partial charge is 0.367 e. The van der Waals surface area contributed by atoms with Crippen molar-refractivity contribution in [3.63, 3.8) is 0 Å². The monoisotopic (exact) mass is 362 g/mol. The Morgan fingerprint density at radius 2 is 2.00 bits per heavy atom. The molecule has 0 aliphatic carbocycles. The van der Waals surface area contributed by atoms with Crippen molar-refractivity contribution >= 4 is 17.7 Å². The molecule has 4 nitrogen and oxygen atoms in total. The van der Waals surface area contributed by atoms with Crippen molar-refractivity contribution in [2.75, 3.05) is 24.7 Å². The molecule has 1 amide bonds. The van der Waals surface area contributed by atoms with Gasteiger partial charge in [-0.3, -0.25) is 4.79 Å². The molecule has 1 fully saturated rings. The summed E-state index contributed by atoms with van der Waals surface area (Å²) in [6.07, 6.45) is -3.85. The van der Waals surface area contributed by atoms with Crippen LogP contribution < -0.4 is 10.6 Å². The van der Waals surface area contributed by atoms with Crippen LogP contribution in [0.4, 0.5) is 13.2 Å². The van der Waals surface area contributed by atoms with Gasteiger partial charge in [0.25, 0.3) is 0 Å². The van der Waals surface area contributed by atoms with E-state index in [0.29, 0.717) is 18.5 Å². The average Bonchev–Trinajstić information content (AvgIpc) is 2.54. The molecule has 1 saturated heterocycles. The molecular weight excluding hydrogens is 341 g/mol. The van der Waals surface area contributed by atoms with E-state index in [-0.39, 0.29) is 18.6 Å². The summed E-state index contributed by atoms with van der Waals surface area (Å²) in [6, 6.07) is 7.19. The Balaban J connectivity index is 1.68. The third-order valence-corrected chi connectivity index (χ3v) is 4.61. The largest absolute Gasteiger partial charge is 0.411 e. The minimum absolute atomic E-state index is 0.00686. The summed E-state index contributed by atoms with van der Waals surface area (Å²) in [5.74, 6) is 2.02. The summed E-state index contributed by atoms with van der Waals surface area (Å²) in [5, 5.41) is 6.17. The molecule has 1 atom stereocenters. The molecule has 0 aromatic heterocycles. The lowest BCUT2D eigenvalue weighted by Gasteiger charge is -2.22. The van der Waals surface area contributed by atoms with Gasteiger partial charge in [0.05, 0.1) is 6.61 Å². The number of benzene rings is 1. The van der Waals surface area contributed by atoms with Gasteiger partial charge in [-0.1, -0.05) is 24.3 Å². The molecule has 1 aromatic carbocycles. The number of carbonyl (C=O) groups excluding carboxylic acids is 1. The van der Waals surface area contributed by atoms with Crippen molar-refractivity contribution < 1.29 is 22.7 Å². The van der Waals surface area contributed by atoms with Crippen LogP contribution in [0.25, 0.3) is 0 Å². The lowest BCUT2D eigenvalue weighted by molar-refractivity contribution is -0.176. The van der Waals surface area contributed by atoms with Gasteiger partial charge in [-0.2, -0.15) is 24.9 Å². The molecule has 24 heavy (non-hydrogen) atoms. The van der Waals surface area contributed by atoms with Crippen molar-refractivity contribution in [2.45, 2.75) is 31.8 Å². The molecule has 1 heterocycles. The Kier molecular flexibility index (Phi) is 7.39. The Labute approximate surface area is 143 Å². The summed E-state index contributed by atoms with van der Waals surface area (Å²) in [6.45, 7) is -0.00166. The van der Waals surface area contributed by atoms with Gasteiger partial charge in [-0.25, -0.2) is 0 Å². The van der Waals surface area contributed by atoms with Crippen LogP contribution in [0, 0.1) is 0 Å². The number of halogens is 3. The van der Waals surface area contributed by atoms with Gasteiger partial charge in [0.1, 0.15) is 6.61 Å². The highest BCUT2D eigenvalue weighted by Crippen LogP contribution is 2.16. The number of carbonyl (C=O) groups is 1. The third-order valence-electron chi connectivity index (χ3n) is 3.48. The van der Waals surface area contributed by atoms with E-state index in [1.165, 1.54) is 0 Å². The van der Waals surface area contributed by atoms with Crippen LogP contribution >= 0.6 is 11.8 Å². The molecule has 0 spiro atoms. The van der Waals surface area contributed by atoms with Crippen molar-refractivity contribution in [2.24, 2.45) is 0 Å². The fourth-order valence-corrected chi connectivity index (χ4v) is 3.23. The zero-order valence-corrected chi connectivity index (χ0v) is 14.0. The minimum Gasteiger partial charge on any atom is -0.367 e. The number of hydrogen-bond donors (Lipinski definition) is 2. The van der Waals surface area contributed by atoms with Crippen LogP contribution in [0.2, 0.25) is 0 Å². The van der Waals surface area contributed by atoms with Gasteiger partial charge in [0.15, 0.2) is 0 Å². The summed E-state index contributed by atoms with van der Waals surface area (Å²) < 4.78 is 40.6. The fraction of sp³-hybridized carbons (Fsp3) is 0.562. The van der Waals surface area contributed by atoms with Crippen LogP contribution in [0.15, 0.2) is 24.3 Å². The topological polar surface area (TPSA) is 50.4 Å². The maximum atomic E-state index is 12.0. The minimum atomic E-state index is -4.31. The Bertz CT molecular complexity index is 517. The Morgan fingerprint density at radius 1 is 1.29 bits per heavy atom. The maximum Gasteiger partial charge on any atom is 0.411 e. The number of amides is 1. The molecule has 2 rings (SSSR count). The van der Waals surface area contributed by atoms with Crippen LogP contribution in [0.5, 0.6) is 0 Å². The van der Waals surface area contributed by atoms with Gasteiger partial charge in [-0.05, 0) is 11.1 Å². The Hall–Kier alpha value is -1.25. The van der Waals surface area contributed by atoms with Gasteiger partial charge in [0.2, 0.25) is 5.91 Å². The molecule has 0 saturated carbocycles. The normalized spacial score (nSPS) is 18.4. The SMILES string of the molecule is O=C(CC1CSCCN1)NCc1ccc(COCC(F)(F)F)cc1. The van der Waals surface area contributed by atoms with Crippen molar-refractivity contribution in [3.8, 4) is 0 Å². The zero-order valence-electron chi connectivity index (χ0n) is 13.2. The maximum absolute atomic E-state index is 12.0. The summed E-state index contributed by atoms with van der Waals surface area (Å²) >= 11 is 1.84. The molecule has 2 N–H and O–H groups in total.